The Kier molecular flexibility index (Phi) is 4.01. The fourth-order valence-electron chi connectivity index (χ4n) is 3.86. The Labute approximate surface area is 154 Å². The summed E-state index contributed by atoms with van der Waals surface area (Å²) in [4.78, 5) is 0.341. The molecule has 2 heterocycles. The Bertz CT molecular complexity index is 1090. The standard InChI is InChI=1S/C21H22N2O2S/c1-4-16-13-23(26(24,25)17-11-9-15(2)10-12-17)14-20-21(16)18-7-5-6-8-19(18)22(20)3/h4-12,16H,1,13-14H2,2-3H3/t16-/m1/s1. The minimum atomic E-state index is -3.55. The van der Waals surface area contributed by atoms with Gasteiger partial charge in [-0.15, -0.1) is 6.58 Å². The molecule has 0 fully saturated rings. The maximum absolute atomic E-state index is 13.2. The molecule has 4 nitrogen and oxygen atoms in total. The number of benzene rings is 2. The molecule has 1 aliphatic rings. The first-order chi connectivity index (χ1) is 12.4. The molecule has 2 aromatic carbocycles. The number of aryl methyl sites for hydroxylation is 2. The van der Waals surface area contributed by atoms with Crippen molar-refractivity contribution in [2.45, 2.75) is 24.3 Å². The highest BCUT2D eigenvalue weighted by Crippen LogP contribution is 2.38. The van der Waals surface area contributed by atoms with Gasteiger partial charge in [-0.05, 0) is 30.7 Å². The number of fused-ring (bicyclic) bond motifs is 3. The Balaban J connectivity index is 1.83. The predicted molar refractivity (Wildman–Crippen MR) is 105 cm³/mol. The smallest absolute Gasteiger partial charge is 0.243 e. The molecule has 0 saturated carbocycles. The van der Waals surface area contributed by atoms with Gasteiger partial charge in [0.15, 0.2) is 0 Å². The first kappa shape index (κ1) is 17.1. The summed E-state index contributed by atoms with van der Waals surface area (Å²) < 4.78 is 30.0. The summed E-state index contributed by atoms with van der Waals surface area (Å²) >= 11 is 0. The van der Waals surface area contributed by atoms with Crippen LogP contribution in [-0.2, 0) is 23.6 Å². The van der Waals surface area contributed by atoms with Gasteiger partial charge in [0.05, 0.1) is 11.4 Å². The van der Waals surface area contributed by atoms with Crippen LogP contribution in [0.4, 0.5) is 0 Å². The summed E-state index contributed by atoms with van der Waals surface area (Å²) in [6, 6.07) is 15.3. The lowest BCUT2D eigenvalue weighted by Gasteiger charge is -2.31. The average Bonchev–Trinajstić information content (AvgIpc) is 2.94. The maximum Gasteiger partial charge on any atom is 0.243 e. The van der Waals surface area contributed by atoms with E-state index in [-0.39, 0.29) is 5.92 Å². The molecule has 134 valence electrons. The summed E-state index contributed by atoms with van der Waals surface area (Å²) in [6.45, 7) is 6.71. The number of para-hydroxylation sites is 1. The molecule has 1 aliphatic heterocycles. The third kappa shape index (κ3) is 2.50. The van der Waals surface area contributed by atoms with Gasteiger partial charge in [0, 0.05) is 36.1 Å². The normalized spacial score (nSPS) is 18.0. The van der Waals surface area contributed by atoms with E-state index >= 15 is 0 Å². The quantitative estimate of drug-likeness (QED) is 0.659. The summed E-state index contributed by atoms with van der Waals surface area (Å²) in [7, 11) is -1.54. The lowest BCUT2D eigenvalue weighted by atomic mass is 9.93. The highest BCUT2D eigenvalue weighted by molar-refractivity contribution is 7.89. The van der Waals surface area contributed by atoms with E-state index in [1.807, 2.05) is 44.3 Å². The van der Waals surface area contributed by atoms with Crippen LogP contribution in [0.25, 0.3) is 10.9 Å². The molecule has 26 heavy (non-hydrogen) atoms. The summed E-state index contributed by atoms with van der Waals surface area (Å²) in [5.74, 6) is -0.0231. The largest absolute Gasteiger partial charge is 0.346 e. The highest BCUT2D eigenvalue weighted by atomic mass is 32.2. The Morgan fingerprint density at radius 3 is 2.50 bits per heavy atom. The van der Waals surface area contributed by atoms with Gasteiger partial charge in [0.1, 0.15) is 0 Å². The van der Waals surface area contributed by atoms with Crippen molar-refractivity contribution in [2.24, 2.45) is 7.05 Å². The SMILES string of the molecule is C=C[C@@H]1CN(S(=O)(=O)c2ccc(C)cc2)Cc2c1c1ccccc1n2C. The predicted octanol–water partition coefficient (Wildman–Crippen LogP) is 3.96. The number of hydrogen-bond acceptors (Lipinski definition) is 2. The van der Waals surface area contributed by atoms with Crippen molar-refractivity contribution in [1.82, 2.24) is 8.87 Å². The van der Waals surface area contributed by atoms with Gasteiger partial charge in [-0.25, -0.2) is 8.42 Å². The molecular weight excluding hydrogens is 344 g/mol. The number of aromatic nitrogens is 1. The van der Waals surface area contributed by atoms with Gasteiger partial charge in [-0.1, -0.05) is 42.0 Å². The van der Waals surface area contributed by atoms with E-state index in [4.69, 9.17) is 0 Å². The Morgan fingerprint density at radius 1 is 1.12 bits per heavy atom. The lowest BCUT2D eigenvalue weighted by Crippen LogP contribution is -2.38. The summed E-state index contributed by atoms with van der Waals surface area (Å²) in [5.41, 5.74) is 4.41. The number of rotatable bonds is 3. The van der Waals surface area contributed by atoms with Crippen LogP contribution >= 0.6 is 0 Å². The molecule has 0 N–H and O–H groups in total. The molecule has 0 unspecified atom stereocenters. The van der Waals surface area contributed by atoms with E-state index in [0.717, 1.165) is 16.8 Å². The molecule has 3 aromatic rings. The minimum Gasteiger partial charge on any atom is -0.346 e. The summed E-state index contributed by atoms with van der Waals surface area (Å²) in [6.07, 6.45) is 1.86. The Morgan fingerprint density at radius 2 is 1.81 bits per heavy atom. The first-order valence-corrected chi connectivity index (χ1v) is 10.1. The number of hydrogen-bond donors (Lipinski definition) is 0. The van der Waals surface area contributed by atoms with Gasteiger partial charge < -0.3 is 4.57 Å². The molecule has 0 saturated heterocycles. The average molecular weight is 366 g/mol. The topological polar surface area (TPSA) is 42.3 Å². The van der Waals surface area contributed by atoms with Crippen LogP contribution in [0.2, 0.25) is 0 Å². The Hall–Kier alpha value is -2.37. The zero-order chi connectivity index (χ0) is 18.5. The molecule has 4 rings (SSSR count). The first-order valence-electron chi connectivity index (χ1n) is 8.69. The van der Waals surface area contributed by atoms with Crippen molar-refractivity contribution in [3.05, 3.63) is 78.0 Å². The number of sulfonamides is 1. The van der Waals surface area contributed by atoms with Crippen LogP contribution in [0, 0.1) is 6.92 Å². The van der Waals surface area contributed by atoms with Crippen LogP contribution < -0.4 is 0 Å². The fourth-order valence-corrected chi connectivity index (χ4v) is 5.28. The van der Waals surface area contributed by atoms with Crippen molar-refractivity contribution in [3.8, 4) is 0 Å². The fraction of sp³-hybridized carbons (Fsp3) is 0.238. The van der Waals surface area contributed by atoms with Crippen molar-refractivity contribution in [1.29, 1.82) is 0 Å². The van der Waals surface area contributed by atoms with Crippen molar-refractivity contribution in [3.63, 3.8) is 0 Å². The van der Waals surface area contributed by atoms with Gasteiger partial charge in [0.2, 0.25) is 10.0 Å². The third-order valence-electron chi connectivity index (χ3n) is 5.31. The van der Waals surface area contributed by atoms with Crippen LogP contribution in [0.1, 0.15) is 22.7 Å². The van der Waals surface area contributed by atoms with Crippen molar-refractivity contribution in [2.75, 3.05) is 6.54 Å². The van der Waals surface area contributed by atoms with Crippen molar-refractivity contribution >= 4 is 20.9 Å². The zero-order valence-electron chi connectivity index (χ0n) is 15.0. The van der Waals surface area contributed by atoms with E-state index < -0.39 is 10.0 Å². The molecule has 0 amide bonds. The zero-order valence-corrected chi connectivity index (χ0v) is 15.8. The second kappa shape index (κ2) is 6.11. The van der Waals surface area contributed by atoms with Crippen LogP contribution in [0.5, 0.6) is 0 Å². The van der Waals surface area contributed by atoms with Gasteiger partial charge in [-0.2, -0.15) is 4.31 Å². The molecule has 0 aliphatic carbocycles. The summed E-state index contributed by atoms with van der Waals surface area (Å²) in [5, 5.41) is 1.18. The molecule has 0 radical (unpaired) electrons. The molecule has 1 aromatic heterocycles. The molecule has 0 spiro atoms. The molecule has 1 atom stereocenters. The van der Waals surface area contributed by atoms with Gasteiger partial charge in [-0.3, -0.25) is 0 Å². The van der Waals surface area contributed by atoms with E-state index in [9.17, 15) is 8.42 Å². The van der Waals surface area contributed by atoms with Crippen LogP contribution in [0.15, 0.2) is 66.1 Å². The van der Waals surface area contributed by atoms with Gasteiger partial charge in [0.25, 0.3) is 0 Å². The van der Waals surface area contributed by atoms with Gasteiger partial charge >= 0.3 is 0 Å². The number of nitrogens with zero attached hydrogens (tertiary/aromatic N) is 2. The maximum atomic E-state index is 13.2. The molecule has 5 heteroatoms. The van der Waals surface area contributed by atoms with Crippen molar-refractivity contribution < 1.29 is 8.42 Å². The van der Waals surface area contributed by atoms with Crippen LogP contribution in [0.3, 0.4) is 0 Å². The highest BCUT2D eigenvalue weighted by Gasteiger charge is 2.35. The lowest BCUT2D eigenvalue weighted by molar-refractivity contribution is 0.367. The van der Waals surface area contributed by atoms with E-state index in [2.05, 4.69) is 23.3 Å². The molecule has 0 bridgehead atoms. The van der Waals surface area contributed by atoms with E-state index in [1.54, 1.807) is 16.4 Å². The second-order valence-electron chi connectivity index (χ2n) is 6.89. The monoisotopic (exact) mass is 366 g/mol. The van der Waals surface area contributed by atoms with E-state index in [1.165, 1.54) is 10.9 Å². The minimum absolute atomic E-state index is 0.0231. The van der Waals surface area contributed by atoms with Crippen LogP contribution in [-0.4, -0.2) is 23.8 Å². The third-order valence-corrected chi connectivity index (χ3v) is 7.14. The van der Waals surface area contributed by atoms with E-state index in [0.29, 0.717) is 18.0 Å². The second-order valence-corrected chi connectivity index (χ2v) is 8.83. The molecular formula is C21H22N2O2S.